The lowest BCUT2D eigenvalue weighted by Gasteiger charge is -2.10. The summed E-state index contributed by atoms with van der Waals surface area (Å²) in [7, 11) is 0. The number of para-hydroxylation sites is 1. The van der Waals surface area contributed by atoms with Gasteiger partial charge in [0.2, 0.25) is 0 Å². The van der Waals surface area contributed by atoms with E-state index in [9.17, 15) is 4.79 Å². The minimum absolute atomic E-state index is 0.245. The maximum Gasteiger partial charge on any atom is 0.257 e. The molecule has 5 heteroatoms. The highest BCUT2D eigenvalue weighted by molar-refractivity contribution is 9.10. The number of amides is 1. The van der Waals surface area contributed by atoms with Gasteiger partial charge in [0.15, 0.2) is 0 Å². The van der Waals surface area contributed by atoms with Crippen LogP contribution >= 0.6 is 27.5 Å². The number of halogens is 2. The summed E-state index contributed by atoms with van der Waals surface area (Å²) in [6.07, 6.45) is 3.83. The van der Waals surface area contributed by atoms with Crippen molar-refractivity contribution in [2.75, 3.05) is 5.32 Å². The van der Waals surface area contributed by atoms with E-state index in [4.69, 9.17) is 11.6 Å². The third-order valence-corrected chi connectivity index (χ3v) is 4.24. The number of anilines is 1. The lowest BCUT2D eigenvalue weighted by atomic mass is 10.1. The number of aromatic nitrogens is 1. The predicted octanol–water partition coefficient (Wildman–Crippen LogP) is 5.15. The molecule has 110 valence electrons. The maximum absolute atomic E-state index is 12.5. The Morgan fingerprint density at radius 3 is 2.50 bits per heavy atom. The van der Waals surface area contributed by atoms with Crippen molar-refractivity contribution in [1.29, 1.82) is 0 Å². The Balaban J connectivity index is 1.92. The molecule has 0 radical (unpaired) electrons. The zero-order chi connectivity index (χ0) is 15.5. The van der Waals surface area contributed by atoms with Crippen molar-refractivity contribution in [2.24, 2.45) is 0 Å². The van der Waals surface area contributed by atoms with Gasteiger partial charge in [-0.15, -0.1) is 0 Å². The Kier molecular flexibility index (Phi) is 4.32. The van der Waals surface area contributed by atoms with E-state index >= 15 is 0 Å². The van der Waals surface area contributed by atoms with E-state index in [0.717, 1.165) is 10.2 Å². The van der Waals surface area contributed by atoms with Gasteiger partial charge in [-0.1, -0.05) is 23.7 Å². The average Bonchev–Trinajstić information content (AvgIpc) is 3.04. The fourth-order valence-corrected chi connectivity index (χ4v) is 2.69. The lowest BCUT2D eigenvalue weighted by molar-refractivity contribution is 0.102. The summed E-state index contributed by atoms with van der Waals surface area (Å²) in [5.41, 5.74) is 2.02. The molecule has 3 nitrogen and oxygen atoms in total. The van der Waals surface area contributed by atoms with E-state index in [1.807, 2.05) is 59.4 Å². The maximum atomic E-state index is 12.5. The average molecular weight is 376 g/mol. The van der Waals surface area contributed by atoms with Gasteiger partial charge in [0, 0.05) is 22.6 Å². The van der Waals surface area contributed by atoms with E-state index in [-0.39, 0.29) is 5.91 Å². The molecule has 0 unspecified atom stereocenters. The molecule has 0 fully saturated rings. The number of nitrogens with zero attached hydrogens (tertiary/aromatic N) is 1. The fraction of sp³-hybridized carbons (Fsp3) is 0. The van der Waals surface area contributed by atoms with E-state index in [2.05, 4.69) is 21.2 Å². The van der Waals surface area contributed by atoms with Crippen LogP contribution in [0.5, 0.6) is 0 Å². The molecule has 1 N–H and O–H groups in total. The smallest absolute Gasteiger partial charge is 0.257 e. The van der Waals surface area contributed by atoms with Gasteiger partial charge in [-0.25, -0.2) is 0 Å². The number of carbonyl (C=O) groups is 1. The molecular formula is C17H12BrClN2O. The van der Waals surface area contributed by atoms with Crippen LogP contribution in [0.25, 0.3) is 5.69 Å². The minimum atomic E-state index is -0.245. The van der Waals surface area contributed by atoms with Crippen LogP contribution in [0, 0.1) is 0 Å². The van der Waals surface area contributed by atoms with Gasteiger partial charge >= 0.3 is 0 Å². The number of hydrogen-bond acceptors (Lipinski definition) is 1. The zero-order valence-electron chi connectivity index (χ0n) is 11.5. The summed E-state index contributed by atoms with van der Waals surface area (Å²) in [4.78, 5) is 12.5. The van der Waals surface area contributed by atoms with Crippen molar-refractivity contribution in [1.82, 2.24) is 4.57 Å². The highest BCUT2D eigenvalue weighted by atomic mass is 79.9. The van der Waals surface area contributed by atoms with Crippen LogP contribution in [0.15, 0.2) is 71.5 Å². The summed E-state index contributed by atoms with van der Waals surface area (Å²) in [5, 5.41) is 3.28. The van der Waals surface area contributed by atoms with Gasteiger partial charge in [0.05, 0.1) is 16.3 Å². The molecule has 0 bridgehead atoms. The van der Waals surface area contributed by atoms with E-state index in [0.29, 0.717) is 16.3 Å². The van der Waals surface area contributed by atoms with Crippen molar-refractivity contribution < 1.29 is 4.79 Å². The first-order valence-corrected chi connectivity index (χ1v) is 7.81. The van der Waals surface area contributed by atoms with Gasteiger partial charge in [0.1, 0.15) is 0 Å². The molecule has 0 aliphatic rings. The number of nitrogens with one attached hydrogen (secondary N) is 1. The third-order valence-electron chi connectivity index (χ3n) is 3.22. The van der Waals surface area contributed by atoms with Gasteiger partial charge in [0.25, 0.3) is 5.91 Å². The molecule has 3 aromatic rings. The Morgan fingerprint density at radius 2 is 1.77 bits per heavy atom. The summed E-state index contributed by atoms with van der Waals surface area (Å²) < 4.78 is 2.74. The number of benzene rings is 2. The molecule has 0 aliphatic carbocycles. The first-order chi connectivity index (χ1) is 10.6. The number of rotatable bonds is 3. The lowest BCUT2D eigenvalue weighted by Crippen LogP contribution is -2.13. The third kappa shape index (κ3) is 3.08. The largest absolute Gasteiger partial charge is 0.324 e. The predicted molar refractivity (Wildman–Crippen MR) is 92.9 cm³/mol. The van der Waals surface area contributed by atoms with Crippen LogP contribution in [0.2, 0.25) is 5.02 Å². The highest BCUT2D eigenvalue weighted by Gasteiger charge is 2.13. The Morgan fingerprint density at radius 1 is 1.05 bits per heavy atom. The van der Waals surface area contributed by atoms with E-state index < -0.39 is 0 Å². The molecule has 2 aromatic carbocycles. The molecule has 0 saturated carbocycles. The van der Waals surface area contributed by atoms with Crippen molar-refractivity contribution in [3.63, 3.8) is 0 Å². The quantitative estimate of drug-likeness (QED) is 0.675. The normalized spacial score (nSPS) is 10.5. The van der Waals surface area contributed by atoms with Crippen LogP contribution in [-0.4, -0.2) is 10.5 Å². The monoisotopic (exact) mass is 374 g/mol. The Labute approximate surface area is 141 Å². The van der Waals surface area contributed by atoms with Gasteiger partial charge in [-0.05, 0) is 58.4 Å². The number of hydrogen-bond donors (Lipinski definition) is 1. The second-order valence-electron chi connectivity index (χ2n) is 4.69. The Bertz CT molecular complexity index is 815. The molecule has 1 amide bonds. The standard InChI is InChI=1S/C17H12BrClN2O/c18-14-5-1-2-6-16(14)20-17(22)13-11-12(7-8-15(13)19)21-9-3-4-10-21/h1-11H,(H,20,22). The van der Waals surface area contributed by atoms with Gasteiger partial charge in [-0.3, -0.25) is 4.79 Å². The van der Waals surface area contributed by atoms with Crippen molar-refractivity contribution >= 4 is 39.1 Å². The van der Waals surface area contributed by atoms with Crippen molar-refractivity contribution in [3.05, 3.63) is 82.0 Å². The first-order valence-electron chi connectivity index (χ1n) is 6.64. The second kappa shape index (κ2) is 6.38. The van der Waals surface area contributed by atoms with Crippen molar-refractivity contribution in [3.8, 4) is 5.69 Å². The molecule has 22 heavy (non-hydrogen) atoms. The molecular weight excluding hydrogens is 364 g/mol. The SMILES string of the molecule is O=C(Nc1ccccc1Br)c1cc(-n2cccc2)ccc1Cl. The molecule has 0 atom stereocenters. The summed E-state index contributed by atoms with van der Waals surface area (Å²) in [6.45, 7) is 0. The molecule has 0 spiro atoms. The zero-order valence-corrected chi connectivity index (χ0v) is 13.8. The molecule has 1 heterocycles. The topological polar surface area (TPSA) is 34.0 Å². The summed E-state index contributed by atoms with van der Waals surface area (Å²) in [5.74, 6) is -0.245. The molecule has 0 saturated heterocycles. The number of carbonyl (C=O) groups excluding carboxylic acids is 1. The summed E-state index contributed by atoms with van der Waals surface area (Å²) >= 11 is 9.59. The van der Waals surface area contributed by atoms with E-state index in [1.54, 1.807) is 12.1 Å². The highest BCUT2D eigenvalue weighted by Crippen LogP contribution is 2.25. The van der Waals surface area contributed by atoms with Gasteiger partial charge in [-0.2, -0.15) is 0 Å². The van der Waals surface area contributed by atoms with Crippen LogP contribution in [0.4, 0.5) is 5.69 Å². The van der Waals surface area contributed by atoms with Crippen LogP contribution in [0.1, 0.15) is 10.4 Å². The second-order valence-corrected chi connectivity index (χ2v) is 5.95. The van der Waals surface area contributed by atoms with Crippen molar-refractivity contribution in [2.45, 2.75) is 0 Å². The molecule has 1 aromatic heterocycles. The van der Waals surface area contributed by atoms with E-state index in [1.165, 1.54) is 0 Å². The molecule has 3 rings (SSSR count). The summed E-state index contributed by atoms with van der Waals surface area (Å²) in [6, 6.07) is 16.7. The van der Waals surface area contributed by atoms with Gasteiger partial charge < -0.3 is 9.88 Å². The molecule has 0 aliphatic heterocycles. The van der Waals surface area contributed by atoms with Crippen LogP contribution in [0.3, 0.4) is 0 Å². The van der Waals surface area contributed by atoms with Crippen LogP contribution in [-0.2, 0) is 0 Å². The van der Waals surface area contributed by atoms with Crippen LogP contribution < -0.4 is 5.32 Å². The fourth-order valence-electron chi connectivity index (χ4n) is 2.11. The Hall–Kier alpha value is -2.04. The first kappa shape index (κ1) is 14.9. The minimum Gasteiger partial charge on any atom is -0.324 e.